The summed E-state index contributed by atoms with van der Waals surface area (Å²) in [5, 5.41) is 0.856. The monoisotopic (exact) mass is 456 g/mol. The van der Waals surface area contributed by atoms with Gasteiger partial charge in [-0.2, -0.15) is 0 Å². The van der Waals surface area contributed by atoms with E-state index in [1.165, 1.54) is 18.3 Å². The van der Waals surface area contributed by atoms with Crippen molar-refractivity contribution in [1.82, 2.24) is 0 Å². The third-order valence-electron chi connectivity index (χ3n) is 4.98. The lowest BCUT2D eigenvalue weighted by Gasteiger charge is -2.17. The Morgan fingerprint density at radius 3 is 2.69 bits per heavy atom. The van der Waals surface area contributed by atoms with Crippen molar-refractivity contribution in [2.45, 2.75) is 51.0 Å². The second-order valence-corrected chi connectivity index (χ2v) is 7.64. The van der Waals surface area contributed by atoms with Gasteiger partial charge in [-0.1, -0.05) is 64.4 Å². The molecule has 1 aromatic carbocycles. The van der Waals surface area contributed by atoms with E-state index >= 15 is 0 Å². The molecule has 1 aliphatic carbocycles. The number of alkyl halides is 1. The number of hydrogen-bond donors (Lipinski definition) is 0. The minimum Gasteiger partial charge on any atom is -0.490 e. The van der Waals surface area contributed by atoms with Crippen LogP contribution in [0.25, 0.3) is 0 Å². The molecular formula is C25H29BrO3. The number of allylic oxidation sites excluding steroid dienone is 5. The number of methoxy groups -OCH3 is 1. The van der Waals surface area contributed by atoms with Crippen LogP contribution in [0.1, 0.15) is 50.5 Å². The lowest BCUT2D eigenvalue weighted by atomic mass is 9.96. The Bertz CT molecular complexity index is 809. The SMILES string of the molecule is C=C1CCC(Oc2ccc(C(C#CC)CC(=O)OC)cc2)CC/C1=C/C=C\CBr. The van der Waals surface area contributed by atoms with Crippen LogP contribution in [0.5, 0.6) is 5.75 Å². The van der Waals surface area contributed by atoms with E-state index in [1.807, 2.05) is 24.3 Å². The van der Waals surface area contributed by atoms with Gasteiger partial charge in [0.2, 0.25) is 0 Å². The summed E-state index contributed by atoms with van der Waals surface area (Å²) in [7, 11) is 1.40. The second-order valence-electron chi connectivity index (χ2n) is 6.99. The Morgan fingerprint density at radius 2 is 2.03 bits per heavy atom. The summed E-state index contributed by atoms with van der Waals surface area (Å²) >= 11 is 3.40. The average molecular weight is 457 g/mol. The molecule has 2 atom stereocenters. The van der Waals surface area contributed by atoms with E-state index < -0.39 is 0 Å². The van der Waals surface area contributed by atoms with Crippen LogP contribution in [0.4, 0.5) is 0 Å². The highest BCUT2D eigenvalue weighted by Crippen LogP contribution is 2.30. The van der Waals surface area contributed by atoms with E-state index in [4.69, 9.17) is 9.47 Å². The van der Waals surface area contributed by atoms with Crippen molar-refractivity contribution < 1.29 is 14.3 Å². The zero-order valence-electron chi connectivity index (χ0n) is 17.2. The van der Waals surface area contributed by atoms with Crippen LogP contribution in [0.15, 0.2) is 60.2 Å². The van der Waals surface area contributed by atoms with E-state index in [1.54, 1.807) is 6.92 Å². The number of carbonyl (C=O) groups excluding carboxylic acids is 1. The summed E-state index contributed by atoms with van der Waals surface area (Å²) in [6, 6.07) is 7.90. The van der Waals surface area contributed by atoms with Crippen LogP contribution in [0.3, 0.4) is 0 Å². The van der Waals surface area contributed by atoms with E-state index in [0.29, 0.717) is 0 Å². The number of benzene rings is 1. The molecule has 0 bridgehead atoms. The van der Waals surface area contributed by atoms with E-state index in [-0.39, 0.29) is 24.4 Å². The third kappa shape index (κ3) is 7.59. The standard InChI is InChI=1S/C25H29BrO3/c1-4-7-22(18-25(27)28-3)21-11-15-24(16-12-21)29-23-13-9-19(2)20(10-14-23)8-5-6-17-26/h5-6,8,11-12,15-16,22-23H,2,9-10,13-14,17-18H2,1,3H3/b6-5-,20-8-. The molecular weight excluding hydrogens is 428 g/mol. The number of esters is 1. The zero-order chi connectivity index (χ0) is 21.1. The predicted molar refractivity (Wildman–Crippen MR) is 122 cm³/mol. The molecule has 29 heavy (non-hydrogen) atoms. The van der Waals surface area contributed by atoms with E-state index in [2.05, 4.69) is 52.6 Å². The van der Waals surface area contributed by atoms with Crippen molar-refractivity contribution in [3.8, 4) is 17.6 Å². The summed E-state index contributed by atoms with van der Waals surface area (Å²) in [6.07, 6.45) is 10.6. The number of halogens is 1. The Labute approximate surface area is 183 Å². The predicted octanol–water partition coefficient (Wildman–Crippen LogP) is 6.11. The molecule has 0 radical (unpaired) electrons. The van der Waals surface area contributed by atoms with Crippen LogP contribution in [-0.4, -0.2) is 24.5 Å². The highest BCUT2D eigenvalue weighted by Gasteiger charge is 2.19. The minimum absolute atomic E-state index is 0.164. The van der Waals surface area contributed by atoms with E-state index in [9.17, 15) is 4.79 Å². The lowest BCUT2D eigenvalue weighted by molar-refractivity contribution is -0.140. The zero-order valence-corrected chi connectivity index (χ0v) is 18.8. The molecule has 1 fully saturated rings. The van der Waals surface area contributed by atoms with E-state index in [0.717, 1.165) is 42.3 Å². The summed E-state index contributed by atoms with van der Waals surface area (Å²) in [5.41, 5.74) is 3.51. The number of hydrogen-bond acceptors (Lipinski definition) is 3. The van der Waals surface area contributed by atoms with Crippen LogP contribution in [0, 0.1) is 11.8 Å². The molecule has 1 saturated carbocycles. The lowest BCUT2D eigenvalue weighted by Crippen LogP contribution is -2.15. The molecule has 154 valence electrons. The fourth-order valence-corrected chi connectivity index (χ4v) is 3.55. The van der Waals surface area contributed by atoms with Gasteiger partial charge in [0, 0.05) is 5.33 Å². The molecule has 3 nitrogen and oxygen atoms in total. The van der Waals surface area contributed by atoms with Crippen molar-refractivity contribution in [3.63, 3.8) is 0 Å². The Hall–Kier alpha value is -2.25. The van der Waals surface area contributed by atoms with Crippen LogP contribution in [0.2, 0.25) is 0 Å². The molecule has 4 heteroatoms. The Morgan fingerprint density at radius 1 is 1.31 bits per heavy atom. The molecule has 2 rings (SSSR count). The molecule has 1 aliphatic rings. The maximum atomic E-state index is 11.6. The Kier molecular flexibility index (Phi) is 9.80. The van der Waals surface area contributed by atoms with Crippen molar-refractivity contribution in [2.24, 2.45) is 0 Å². The minimum atomic E-state index is -0.258. The summed E-state index contributed by atoms with van der Waals surface area (Å²) in [5.74, 6) is 6.41. The second kappa shape index (κ2) is 12.3. The first-order valence-electron chi connectivity index (χ1n) is 9.92. The first kappa shape index (κ1) is 23.0. The van der Waals surface area contributed by atoms with Gasteiger partial charge in [-0.15, -0.1) is 5.92 Å². The Balaban J connectivity index is 2.01. The maximum absolute atomic E-state index is 11.6. The summed E-state index contributed by atoms with van der Waals surface area (Å²) < 4.78 is 11.0. The fraction of sp³-hybridized carbons (Fsp3) is 0.400. The fourth-order valence-electron chi connectivity index (χ4n) is 3.34. The molecule has 0 spiro atoms. The van der Waals surface area contributed by atoms with Gasteiger partial charge in [-0.25, -0.2) is 0 Å². The molecule has 0 aliphatic heterocycles. The highest BCUT2D eigenvalue weighted by molar-refractivity contribution is 9.09. The van der Waals surface area contributed by atoms with Gasteiger partial charge < -0.3 is 9.47 Å². The van der Waals surface area contributed by atoms with Gasteiger partial charge in [0.25, 0.3) is 0 Å². The van der Waals surface area contributed by atoms with Crippen molar-refractivity contribution >= 4 is 21.9 Å². The van der Waals surface area contributed by atoms with Gasteiger partial charge in [-0.3, -0.25) is 4.79 Å². The van der Waals surface area contributed by atoms with Crippen LogP contribution in [-0.2, 0) is 9.53 Å². The van der Waals surface area contributed by atoms with Gasteiger partial charge >= 0.3 is 5.97 Å². The quantitative estimate of drug-likeness (QED) is 0.214. The molecule has 1 aromatic rings. The van der Waals surface area contributed by atoms with Gasteiger partial charge in [-0.05, 0) is 55.9 Å². The first-order chi connectivity index (χ1) is 14.1. The van der Waals surface area contributed by atoms with Crippen molar-refractivity contribution in [2.75, 3.05) is 12.4 Å². The molecule has 0 saturated heterocycles. The van der Waals surface area contributed by atoms with Crippen LogP contribution < -0.4 is 4.74 Å². The first-order valence-corrected chi connectivity index (χ1v) is 11.0. The topological polar surface area (TPSA) is 35.5 Å². The molecule has 0 N–H and O–H groups in total. The molecule has 0 aromatic heterocycles. The number of rotatable bonds is 7. The van der Waals surface area contributed by atoms with Gasteiger partial charge in [0.05, 0.1) is 25.6 Å². The average Bonchev–Trinajstić information content (AvgIpc) is 2.90. The highest BCUT2D eigenvalue weighted by atomic mass is 79.9. The van der Waals surface area contributed by atoms with Crippen molar-refractivity contribution in [1.29, 1.82) is 0 Å². The van der Waals surface area contributed by atoms with Crippen molar-refractivity contribution in [3.05, 3.63) is 65.8 Å². The normalized spacial score (nSPS) is 19.3. The summed E-state index contributed by atoms with van der Waals surface area (Å²) in [4.78, 5) is 11.6. The number of ether oxygens (including phenoxy) is 2. The third-order valence-corrected chi connectivity index (χ3v) is 5.36. The summed E-state index contributed by atoms with van der Waals surface area (Å²) in [6.45, 7) is 6.01. The maximum Gasteiger partial charge on any atom is 0.307 e. The molecule has 2 unspecified atom stereocenters. The smallest absolute Gasteiger partial charge is 0.307 e. The molecule has 0 amide bonds. The number of carbonyl (C=O) groups is 1. The van der Waals surface area contributed by atoms with Gasteiger partial charge in [0.15, 0.2) is 0 Å². The largest absolute Gasteiger partial charge is 0.490 e. The van der Waals surface area contributed by atoms with Gasteiger partial charge in [0.1, 0.15) is 5.75 Å². The van der Waals surface area contributed by atoms with Crippen LogP contribution >= 0.6 is 15.9 Å². The molecule has 0 heterocycles.